The summed E-state index contributed by atoms with van der Waals surface area (Å²) in [5.74, 6) is 0.867. The van der Waals surface area contributed by atoms with Crippen molar-refractivity contribution < 1.29 is 14.9 Å². The van der Waals surface area contributed by atoms with E-state index >= 15 is 0 Å². The number of rotatable bonds is 4. The molecule has 3 heterocycles. The van der Waals surface area contributed by atoms with E-state index in [0.717, 1.165) is 16.4 Å². The highest BCUT2D eigenvalue weighted by molar-refractivity contribution is 5.86. The number of aliphatic hydroxyl groups is 2. The summed E-state index contributed by atoms with van der Waals surface area (Å²) in [5.41, 5.74) is 8.43. The van der Waals surface area contributed by atoms with Crippen LogP contribution in [0.1, 0.15) is 12.5 Å². The summed E-state index contributed by atoms with van der Waals surface area (Å²) in [4.78, 5) is 12.6. The normalized spacial score (nSPS) is 24.5. The first-order valence-electron chi connectivity index (χ1n) is 9.50. The molecule has 1 aliphatic rings. The molecule has 29 heavy (non-hydrogen) atoms. The molecule has 4 N–H and O–H groups in total. The van der Waals surface area contributed by atoms with Crippen LogP contribution in [0.4, 0.5) is 5.82 Å². The summed E-state index contributed by atoms with van der Waals surface area (Å²) in [6.45, 7) is 0.295. The molecule has 1 aromatic carbocycles. The topological polar surface area (TPSA) is 124 Å². The van der Waals surface area contributed by atoms with Gasteiger partial charge in [0.2, 0.25) is 0 Å². The van der Waals surface area contributed by atoms with Crippen molar-refractivity contribution in [2.24, 2.45) is 13.0 Å². The van der Waals surface area contributed by atoms with E-state index in [1.165, 1.54) is 6.33 Å². The Kier molecular flexibility index (Phi) is 4.14. The number of aromatic nitrogens is 5. The number of anilines is 1. The zero-order valence-electron chi connectivity index (χ0n) is 15.9. The van der Waals surface area contributed by atoms with Gasteiger partial charge in [0.1, 0.15) is 29.6 Å². The Balaban J connectivity index is 1.34. The predicted molar refractivity (Wildman–Crippen MR) is 107 cm³/mol. The Morgan fingerprint density at radius 3 is 2.90 bits per heavy atom. The van der Waals surface area contributed by atoms with Crippen LogP contribution < -0.4 is 10.5 Å². The number of nitrogens with zero attached hydrogens (tertiary/aromatic N) is 5. The van der Waals surface area contributed by atoms with Crippen LogP contribution in [0.2, 0.25) is 0 Å². The van der Waals surface area contributed by atoms with Crippen LogP contribution in [0.25, 0.3) is 22.1 Å². The fraction of sp³-hybridized carbons (Fsp3) is 0.350. The minimum Gasteiger partial charge on any atom is -0.493 e. The van der Waals surface area contributed by atoms with Crippen LogP contribution in [0, 0.1) is 5.92 Å². The number of aryl methyl sites for hydroxylation is 1. The molecule has 0 bridgehead atoms. The molecule has 1 aliphatic carbocycles. The van der Waals surface area contributed by atoms with E-state index < -0.39 is 12.2 Å². The molecule has 0 unspecified atom stereocenters. The maximum absolute atomic E-state index is 10.7. The molecule has 5 rings (SSSR count). The van der Waals surface area contributed by atoms with E-state index in [1.54, 1.807) is 6.33 Å². The molecule has 1 saturated carbocycles. The summed E-state index contributed by atoms with van der Waals surface area (Å²) in [6, 6.07) is 7.23. The van der Waals surface area contributed by atoms with Crippen molar-refractivity contribution in [2.75, 3.05) is 12.3 Å². The third-order valence-corrected chi connectivity index (χ3v) is 5.83. The minimum absolute atomic E-state index is 0.217. The van der Waals surface area contributed by atoms with Gasteiger partial charge in [0.15, 0.2) is 0 Å². The summed E-state index contributed by atoms with van der Waals surface area (Å²) >= 11 is 0. The Morgan fingerprint density at radius 2 is 2.03 bits per heavy atom. The molecule has 0 spiro atoms. The molecule has 0 saturated heterocycles. The fourth-order valence-corrected chi connectivity index (χ4v) is 4.21. The second-order valence-electron chi connectivity index (χ2n) is 7.58. The quantitative estimate of drug-likeness (QED) is 0.476. The number of aliphatic hydroxyl groups excluding tert-OH is 2. The van der Waals surface area contributed by atoms with Gasteiger partial charge in [0, 0.05) is 25.2 Å². The van der Waals surface area contributed by atoms with Crippen LogP contribution in [0.3, 0.4) is 0 Å². The van der Waals surface area contributed by atoms with Gasteiger partial charge in [-0.25, -0.2) is 15.0 Å². The van der Waals surface area contributed by atoms with E-state index in [2.05, 4.69) is 15.0 Å². The van der Waals surface area contributed by atoms with Crippen molar-refractivity contribution >= 4 is 27.9 Å². The number of imidazole rings is 1. The molecule has 4 atom stereocenters. The third kappa shape index (κ3) is 2.90. The lowest BCUT2D eigenvalue weighted by Crippen LogP contribution is -2.31. The number of fused-ring (bicyclic) bond motifs is 2. The highest BCUT2D eigenvalue weighted by atomic mass is 16.5. The second kappa shape index (κ2) is 6.71. The number of nitrogens with two attached hydrogens (primary N) is 1. The largest absolute Gasteiger partial charge is 0.493 e. The molecule has 9 heteroatoms. The summed E-state index contributed by atoms with van der Waals surface area (Å²) in [6.07, 6.45) is 3.73. The van der Waals surface area contributed by atoms with Gasteiger partial charge in [-0.2, -0.15) is 0 Å². The highest BCUT2D eigenvalue weighted by Crippen LogP contribution is 2.38. The van der Waals surface area contributed by atoms with Crippen molar-refractivity contribution in [1.82, 2.24) is 24.1 Å². The second-order valence-corrected chi connectivity index (χ2v) is 7.58. The van der Waals surface area contributed by atoms with Crippen molar-refractivity contribution in [3.8, 4) is 5.75 Å². The highest BCUT2D eigenvalue weighted by Gasteiger charge is 2.43. The van der Waals surface area contributed by atoms with Crippen molar-refractivity contribution in [2.45, 2.75) is 24.7 Å². The van der Waals surface area contributed by atoms with E-state index in [0.29, 0.717) is 30.2 Å². The zero-order valence-corrected chi connectivity index (χ0v) is 15.9. The van der Waals surface area contributed by atoms with Gasteiger partial charge < -0.3 is 29.8 Å². The van der Waals surface area contributed by atoms with Crippen molar-refractivity contribution in [3.05, 3.63) is 43.1 Å². The molecule has 0 radical (unpaired) electrons. The Labute approximate surface area is 166 Å². The van der Waals surface area contributed by atoms with Gasteiger partial charge in [0.05, 0.1) is 41.5 Å². The maximum atomic E-state index is 10.7. The van der Waals surface area contributed by atoms with E-state index in [4.69, 9.17) is 10.5 Å². The Morgan fingerprint density at radius 1 is 1.17 bits per heavy atom. The minimum atomic E-state index is -0.923. The van der Waals surface area contributed by atoms with Gasteiger partial charge in [-0.05, 0) is 24.6 Å². The van der Waals surface area contributed by atoms with Crippen molar-refractivity contribution in [1.29, 1.82) is 0 Å². The summed E-state index contributed by atoms with van der Waals surface area (Å²) < 4.78 is 9.73. The molecular weight excluding hydrogens is 372 g/mol. The lowest BCUT2D eigenvalue weighted by atomic mass is 10.1. The van der Waals surface area contributed by atoms with Gasteiger partial charge in [0.25, 0.3) is 0 Å². The number of hydrogen-bond acceptors (Lipinski definition) is 7. The van der Waals surface area contributed by atoms with E-state index in [-0.39, 0.29) is 12.0 Å². The van der Waals surface area contributed by atoms with Gasteiger partial charge in [-0.15, -0.1) is 0 Å². The number of nitrogen functional groups attached to an aromatic ring is 1. The van der Waals surface area contributed by atoms with Gasteiger partial charge in [-0.1, -0.05) is 0 Å². The average Bonchev–Trinajstić information content (AvgIpc) is 3.39. The lowest BCUT2D eigenvalue weighted by Gasteiger charge is -2.19. The molecule has 0 aliphatic heterocycles. The molecule has 9 nitrogen and oxygen atoms in total. The monoisotopic (exact) mass is 394 g/mol. The Bertz CT molecular complexity index is 1190. The van der Waals surface area contributed by atoms with Gasteiger partial charge >= 0.3 is 0 Å². The first kappa shape index (κ1) is 17.9. The van der Waals surface area contributed by atoms with Crippen molar-refractivity contribution in [3.63, 3.8) is 0 Å². The first-order valence-corrected chi connectivity index (χ1v) is 9.50. The molecule has 150 valence electrons. The average molecular weight is 394 g/mol. The van der Waals surface area contributed by atoms with E-state index in [1.807, 2.05) is 46.6 Å². The molecule has 3 aromatic heterocycles. The molecule has 0 amide bonds. The van der Waals surface area contributed by atoms with Crippen LogP contribution in [0.15, 0.2) is 43.1 Å². The summed E-state index contributed by atoms with van der Waals surface area (Å²) in [5, 5.41) is 22.0. The number of benzene rings is 1. The fourth-order valence-electron chi connectivity index (χ4n) is 4.21. The standard InChI is InChI=1S/C20H22N6O3/c1-25-10-24-14-7-12(2-3-15(14)25)29-8-11-6-16(18(28)17(11)27)26-5-4-13-19(21)22-9-23-20(13)26/h2-5,7,9-11,16-18,27-28H,6,8H2,1H3,(H2,21,22,23)/t11-,16-,17-,18+/m1/s1. The lowest BCUT2D eigenvalue weighted by molar-refractivity contribution is -0.00141. The molecule has 4 aromatic rings. The predicted octanol–water partition coefficient (Wildman–Crippen LogP) is 1.26. The number of ether oxygens (including phenoxy) is 1. The smallest absolute Gasteiger partial charge is 0.145 e. The SMILES string of the molecule is Cn1cnc2cc(OC[C@H]3C[C@@H](n4ccc5c(N)ncnc54)[C@H](O)[C@@H]3O)ccc21. The molecular formula is C20H22N6O3. The maximum Gasteiger partial charge on any atom is 0.145 e. The van der Waals surface area contributed by atoms with Crippen LogP contribution in [0.5, 0.6) is 5.75 Å². The zero-order chi connectivity index (χ0) is 20.1. The van der Waals surface area contributed by atoms with Crippen LogP contribution in [-0.4, -0.2) is 53.1 Å². The van der Waals surface area contributed by atoms with Crippen LogP contribution in [-0.2, 0) is 7.05 Å². The molecule has 1 fully saturated rings. The Hall–Kier alpha value is -3.17. The van der Waals surface area contributed by atoms with E-state index in [9.17, 15) is 10.2 Å². The van der Waals surface area contributed by atoms with Gasteiger partial charge in [-0.3, -0.25) is 0 Å². The summed E-state index contributed by atoms with van der Waals surface area (Å²) in [7, 11) is 1.94. The number of hydrogen-bond donors (Lipinski definition) is 3. The van der Waals surface area contributed by atoms with Crippen LogP contribution >= 0.6 is 0 Å². The first-order chi connectivity index (χ1) is 14.0. The third-order valence-electron chi connectivity index (χ3n) is 5.83.